The van der Waals surface area contributed by atoms with Gasteiger partial charge < -0.3 is 5.73 Å². The second kappa shape index (κ2) is 5.67. The molecule has 0 aromatic heterocycles. The van der Waals surface area contributed by atoms with Crippen molar-refractivity contribution in [2.24, 2.45) is 5.73 Å². The molecule has 0 amide bonds. The second-order valence-corrected chi connectivity index (χ2v) is 5.23. The first kappa shape index (κ1) is 14.0. The summed E-state index contributed by atoms with van der Waals surface area (Å²) in [5.74, 6) is -1.67. The molecule has 2 N–H and O–H groups in total. The lowest BCUT2D eigenvalue weighted by atomic mass is 10.1. The van der Waals surface area contributed by atoms with Crippen LogP contribution < -0.4 is 5.73 Å². The summed E-state index contributed by atoms with van der Waals surface area (Å²) in [6, 6.07) is 7.13. The second-order valence-electron chi connectivity index (χ2n) is 4.15. The molecular weight excluding hydrogens is 271 g/mol. The third-order valence-electron chi connectivity index (χ3n) is 2.58. The van der Waals surface area contributed by atoms with Crippen molar-refractivity contribution in [2.45, 2.75) is 22.8 Å². The minimum Gasteiger partial charge on any atom is -0.324 e. The SMILES string of the molecule is CC(N)c1cc(F)ccc1Sc1ccc(F)cc1F. The Morgan fingerprint density at radius 2 is 1.53 bits per heavy atom. The predicted molar refractivity (Wildman–Crippen MR) is 69.5 cm³/mol. The van der Waals surface area contributed by atoms with Gasteiger partial charge in [-0.3, -0.25) is 0 Å². The molecule has 2 aromatic rings. The van der Waals surface area contributed by atoms with Crippen molar-refractivity contribution in [3.05, 3.63) is 59.4 Å². The van der Waals surface area contributed by atoms with Crippen LogP contribution >= 0.6 is 11.8 Å². The number of nitrogens with two attached hydrogens (primary N) is 1. The van der Waals surface area contributed by atoms with Crippen LogP contribution in [0.4, 0.5) is 13.2 Å². The molecule has 19 heavy (non-hydrogen) atoms. The van der Waals surface area contributed by atoms with Gasteiger partial charge in [0, 0.05) is 21.9 Å². The molecule has 0 saturated carbocycles. The first-order valence-corrected chi connectivity index (χ1v) is 6.47. The molecule has 1 unspecified atom stereocenters. The van der Waals surface area contributed by atoms with Crippen molar-refractivity contribution < 1.29 is 13.2 Å². The molecule has 0 spiro atoms. The largest absolute Gasteiger partial charge is 0.324 e. The summed E-state index contributed by atoms with van der Waals surface area (Å²) in [6.07, 6.45) is 0. The van der Waals surface area contributed by atoms with Crippen molar-refractivity contribution in [1.29, 1.82) is 0 Å². The monoisotopic (exact) mass is 283 g/mol. The zero-order valence-corrected chi connectivity index (χ0v) is 11.0. The number of benzene rings is 2. The Bertz CT molecular complexity index is 599. The molecule has 1 nitrogen and oxygen atoms in total. The minimum absolute atomic E-state index is 0.273. The maximum atomic E-state index is 13.6. The van der Waals surface area contributed by atoms with E-state index < -0.39 is 17.5 Å². The van der Waals surface area contributed by atoms with Crippen LogP contribution in [-0.2, 0) is 0 Å². The fourth-order valence-corrected chi connectivity index (χ4v) is 2.67. The Morgan fingerprint density at radius 1 is 0.947 bits per heavy atom. The van der Waals surface area contributed by atoms with Gasteiger partial charge in [-0.15, -0.1) is 0 Å². The summed E-state index contributed by atoms with van der Waals surface area (Å²) in [6.45, 7) is 1.72. The Balaban J connectivity index is 2.38. The summed E-state index contributed by atoms with van der Waals surface area (Å²) < 4.78 is 39.6. The maximum absolute atomic E-state index is 13.6. The van der Waals surface area contributed by atoms with Gasteiger partial charge in [-0.2, -0.15) is 0 Å². The van der Waals surface area contributed by atoms with Crippen LogP contribution in [0.25, 0.3) is 0 Å². The van der Waals surface area contributed by atoms with Crippen LogP contribution in [0.3, 0.4) is 0 Å². The highest BCUT2D eigenvalue weighted by Crippen LogP contribution is 2.34. The average Bonchev–Trinajstić information content (AvgIpc) is 2.34. The first-order valence-electron chi connectivity index (χ1n) is 5.65. The van der Waals surface area contributed by atoms with Crippen LogP contribution in [0.2, 0.25) is 0 Å². The van der Waals surface area contributed by atoms with Gasteiger partial charge in [0.25, 0.3) is 0 Å². The van der Waals surface area contributed by atoms with Crippen molar-refractivity contribution in [3.8, 4) is 0 Å². The first-order chi connectivity index (χ1) is 8.97. The summed E-state index contributed by atoms with van der Waals surface area (Å²) in [4.78, 5) is 0.928. The van der Waals surface area contributed by atoms with Crippen LogP contribution in [0.5, 0.6) is 0 Å². The molecule has 0 aliphatic heterocycles. The normalized spacial score (nSPS) is 12.5. The summed E-state index contributed by atoms with van der Waals surface area (Å²) in [5.41, 5.74) is 6.36. The van der Waals surface area contributed by atoms with Gasteiger partial charge in [0.15, 0.2) is 0 Å². The molecule has 1 atom stereocenters. The van der Waals surface area contributed by atoms with E-state index in [0.717, 1.165) is 17.8 Å². The van der Waals surface area contributed by atoms with Gasteiger partial charge >= 0.3 is 0 Å². The van der Waals surface area contributed by atoms with Crippen molar-refractivity contribution in [2.75, 3.05) is 0 Å². The molecule has 0 aliphatic carbocycles. The lowest BCUT2D eigenvalue weighted by Gasteiger charge is -2.12. The highest BCUT2D eigenvalue weighted by atomic mass is 32.2. The van der Waals surface area contributed by atoms with Gasteiger partial charge in [-0.1, -0.05) is 11.8 Å². The van der Waals surface area contributed by atoms with Crippen molar-refractivity contribution in [3.63, 3.8) is 0 Å². The van der Waals surface area contributed by atoms with E-state index in [4.69, 9.17) is 5.73 Å². The topological polar surface area (TPSA) is 26.0 Å². The molecule has 0 heterocycles. The van der Waals surface area contributed by atoms with Gasteiger partial charge in [0.1, 0.15) is 17.5 Å². The van der Waals surface area contributed by atoms with Crippen LogP contribution in [0.1, 0.15) is 18.5 Å². The van der Waals surface area contributed by atoms with E-state index in [1.54, 1.807) is 13.0 Å². The highest BCUT2D eigenvalue weighted by Gasteiger charge is 2.12. The average molecular weight is 283 g/mol. The van der Waals surface area contributed by atoms with E-state index in [9.17, 15) is 13.2 Å². The standard InChI is InChI=1S/C14H12F3NS/c1-8(18)11-6-9(15)2-4-13(11)19-14-5-3-10(16)7-12(14)17/h2-8H,18H2,1H3. The van der Waals surface area contributed by atoms with Crippen LogP contribution in [0.15, 0.2) is 46.2 Å². The smallest absolute Gasteiger partial charge is 0.140 e. The van der Waals surface area contributed by atoms with Crippen LogP contribution in [0, 0.1) is 17.5 Å². The zero-order chi connectivity index (χ0) is 14.0. The molecule has 0 fully saturated rings. The van der Waals surface area contributed by atoms with E-state index in [1.807, 2.05) is 0 Å². The van der Waals surface area contributed by atoms with E-state index in [1.165, 1.54) is 24.3 Å². The molecule has 0 aliphatic rings. The molecule has 5 heteroatoms. The third kappa shape index (κ3) is 3.30. The summed E-state index contributed by atoms with van der Waals surface area (Å²) in [7, 11) is 0. The highest BCUT2D eigenvalue weighted by molar-refractivity contribution is 7.99. The molecule has 0 saturated heterocycles. The van der Waals surface area contributed by atoms with Gasteiger partial charge in [-0.05, 0) is 42.8 Å². The van der Waals surface area contributed by atoms with E-state index in [0.29, 0.717) is 10.5 Å². The molecule has 0 radical (unpaired) electrons. The minimum atomic E-state index is -0.648. The Labute approximate surface area is 113 Å². The van der Waals surface area contributed by atoms with Gasteiger partial charge in [0.05, 0.1) is 0 Å². The number of hydrogen-bond acceptors (Lipinski definition) is 2. The van der Waals surface area contributed by atoms with Gasteiger partial charge in [0.2, 0.25) is 0 Å². The number of rotatable bonds is 3. The predicted octanol–water partition coefficient (Wildman–Crippen LogP) is 4.27. The quantitative estimate of drug-likeness (QED) is 0.910. The lowest BCUT2D eigenvalue weighted by molar-refractivity contribution is 0.565. The third-order valence-corrected chi connectivity index (χ3v) is 3.72. The van der Waals surface area contributed by atoms with Gasteiger partial charge in [-0.25, -0.2) is 13.2 Å². The fraction of sp³-hybridized carbons (Fsp3) is 0.143. The Kier molecular flexibility index (Phi) is 4.17. The lowest BCUT2D eigenvalue weighted by Crippen LogP contribution is -2.06. The fourth-order valence-electron chi connectivity index (χ4n) is 1.64. The van der Waals surface area contributed by atoms with E-state index >= 15 is 0 Å². The molecular formula is C14H12F3NS. The van der Waals surface area contributed by atoms with Crippen molar-refractivity contribution in [1.82, 2.24) is 0 Å². The van der Waals surface area contributed by atoms with E-state index in [-0.39, 0.29) is 10.9 Å². The summed E-state index contributed by atoms with van der Waals surface area (Å²) in [5, 5.41) is 0. The van der Waals surface area contributed by atoms with Crippen LogP contribution in [-0.4, -0.2) is 0 Å². The Morgan fingerprint density at radius 3 is 2.11 bits per heavy atom. The summed E-state index contributed by atoms with van der Waals surface area (Å²) >= 11 is 1.10. The zero-order valence-electron chi connectivity index (χ0n) is 10.2. The van der Waals surface area contributed by atoms with Crippen molar-refractivity contribution >= 4 is 11.8 Å². The molecule has 2 rings (SSSR count). The molecule has 100 valence electrons. The number of halogens is 3. The molecule has 0 bridgehead atoms. The van der Waals surface area contributed by atoms with E-state index in [2.05, 4.69) is 0 Å². The number of hydrogen-bond donors (Lipinski definition) is 1. The molecule has 2 aromatic carbocycles. The Hall–Kier alpha value is -1.46. The maximum Gasteiger partial charge on any atom is 0.140 e.